The Balaban J connectivity index is 2.26. The van der Waals surface area contributed by atoms with Gasteiger partial charge in [0.15, 0.2) is 0 Å². The first-order valence-corrected chi connectivity index (χ1v) is 8.29. The number of nitrogens with zero attached hydrogens (tertiary/aromatic N) is 1. The number of carboxylic acids is 1. The van der Waals surface area contributed by atoms with Crippen molar-refractivity contribution in [2.75, 3.05) is 0 Å². The molecule has 0 aliphatic carbocycles. The number of carbonyl (C=O) groups is 2. The summed E-state index contributed by atoms with van der Waals surface area (Å²) in [7, 11) is 0. The van der Waals surface area contributed by atoms with Crippen molar-refractivity contribution in [1.82, 2.24) is 5.32 Å². The molecule has 2 aromatic rings. The molecule has 1 amide bonds. The minimum atomic E-state index is -1.12. The van der Waals surface area contributed by atoms with E-state index in [1.165, 1.54) is 18.2 Å². The highest BCUT2D eigenvalue weighted by Gasteiger charge is 2.14. The van der Waals surface area contributed by atoms with Gasteiger partial charge in [0.05, 0.1) is 10.6 Å². The van der Waals surface area contributed by atoms with Gasteiger partial charge < -0.3 is 14.8 Å². The zero-order chi connectivity index (χ0) is 19.3. The third-order valence-electron chi connectivity index (χ3n) is 3.75. The van der Waals surface area contributed by atoms with Crippen LogP contribution in [0.15, 0.2) is 40.3 Å². The SMILES string of the molecule is CC[C@H](C)NC(=O)/C(C#N)=C/c1ccc(-c2ccc(C(=O)O)c(Cl)c2)o1. The molecule has 134 valence electrons. The highest BCUT2D eigenvalue weighted by atomic mass is 35.5. The van der Waals surface area contributed by atoms with Gasteiger partial charge in [0.25, 0.3) is 5.91 Å². The zero-order valence-electron chi connectivity index (χ0n) is 14.2. The molecule has 0 bridgehead atoms. The van der Waals surface area contributed by atoms with E-state index in [1.807, 2.05) is 19.9 Å². The number of carbonyl (C=O) groups excluding carboxylic acids is 1. The summed E-state index contributed by atoms with van der Waals surface area (Å²) in [5.41, 5.74) is 0.517. The van der Waals surface area contributed by atoms with Crippen molar-refractivity contribution in [3.05, 3.63) is 52.3 Å². The van der Waals surface area contributed by atoms with Crippen molar-refractivity contribution in [1.29, 1.82) is 5.26 Å². The van der Waals surface area contributed by atoms with Gasteiger partial charge in [0, 0.05) is 17.7 Å². The van der Waals surface area contributed by atoms with E-state index in [4.69, 9.17) is 21.1 Å². The molecule has 2 N–H and O–H groups in total. The van der Waals surface area contributed by atoms with Gasteiger partial charge in [-0.3, -0.25) is 4.79 Å². The molecule has 1 heterocycles. The molecule has 0 aliphatic rings. The number of aromatic carboxylic acids is 1. The molecule has 0 saturated carbocycles. The van der Waals surface area contributed by atoms with Crippen LogP contribution in [0.4, 0.5) is 0 Å². The number of halogens is 1. The van der Waals surface area contributed by atoms with Crippen LogP contribution in [-0.2, 0) is 4.79 Å². The summed E-state index contributed by atoms with van der Waals surface area (Å²) >= 11 is 5.96. The number of furan rings is 1. The lowest BCUT2D eigenvalue weighted by Gasteiger charge is -2.09. The molecule has 0 unspecified atom stereocenters. The van der Waals surface area contributed by atoms with Crippen molar-refractivity contribution in [2.45, 2.75) is 26.3 Å². The number of nitrogens with one attached hydrogen (secondary N) is 1. The highest BCUT2D eigenvalue weighted by molar-refractivity contribution is 6.33. The van der Waals surface area contributed by atoms with Gasteiger partial charge in [-0.05, 0) is 37.6 Å². The third kappa shape index (κ3) is 4.52. The maximum atomic E-state index is 12.1. The second-order valence-corrected chi connectivity index (χ2v) is 6.06. The molecule has 26 heavy (non-hydrogen) atoms. The number of rotatable bonds is 6. The van der Waals surface area contributed by atoms with E-state index < -0.39 is 11.9 Å². The Morgan fingerprint density at radius 3 is 2.69 bits per heavy atom. The molecule has 0 fully saturated rings. The number of hydrogen-bond donors (Lipinski definition) is 2. The van der Waals surface area contributed by atoms with E-state index in [-0.39, 0.29) is 22.2 Å². The van der Waals surface area contributed by atoms with Gasteiger partial charge in [-0.25, -0.2) is 4.79 Å². The van der Waals surface area contributed by atoms with Crippen molar-refractivity contribution in [3.8, 4) is 17.4 Å². The summed E-state index contributed by atoms with van der Waals surface area (Å²) in [6.45, 7) is 3.78. The lowest BCUT2D eigenvalue weighted by Crippen LogP contribution is -2.32. The highest BCUT2D eigenvalue weighted by Crippen LogP contribution is 2.28. The van der Waals surface area contributed by atoms with Gasteiger partial charge in [0.1, 0.15) is 23.2 Å². The summed E-state index contributed by atoms with van der Waals surface area (Å²) in [5.74, 6) is -0.812. The minimum Gasteiger partial charge on any atom is -0.478 e. The molecule has 7 heteroatoms. The second kappa shape index (κ2) is 8.37. The number of carboxylic acid groups (broad SMARTS) is 1. The van der Waals surface area contributed by atoms with Crippen LogP contribution < -0.4 is 5.32 Å². The summed E-state index contributed by atoms with van der Waals surface area (Å²) in [6.07, 6.45) is 2.11. The van der Waals surface area contributed by atoms with E-state index in [1.54, 1.807) is 18.2 Å². The maximum absolute atomic E-state index is 12.1. The van der Waals surface area contributed by atoms with E-state index in [9.17, 15) is 14.9 Å². The Labute approximate surface area is 155 Å². The van der Waals surface area contributed by atoms with Crippen LogP contribution in [0.3, 0.4) is 0 Å². The van der Waals surface area contributed by atoms with E-state index in [0.29, 0.717) is 17.1 Å². The molecule has 1 aromatic carbocycles. The Hall–Kier alpha value is -3.04. The Kier molecular flexibility index (Phi) is 6.21. The van der Waals surface area contributed by atoms with Crippen LogP contribution in [0.2, 0.25) is 5.02 Å². The fourth-order valence-corrected chi connectivity index (χ4v) is 2.38. The van der Waals surface area contributed by atoms with E-state index in [0.717, 1.165) is 6.42 Å². The summed E-state index contributed by atoms with van der Waals surface area (Å²) in [5, 5.41) is 21.0. The number of nitriles is 1. The van der Waals surface area contributed by atoms with E-state index in [2.05, 4.69) is 5.32 Å². The maximum Gasteiger partial charge on any atom is 0.337 e. The molecular formula is C19H17ClN2O4. The summed E-state index contributed by atoms with van der Waals surface area (Å²) in [6, 6.07) is 9.53. The Morgan fingerprint density at radius 1 is 1.38 bits per heavy atom. The first-order valence-electron chi connectivity index (χ1n) is 7.91. The van der Waals surface area contributed by atoms with Gasteiger partial charge in [-0.2, -0.15) is 5.26 Å². The van der Waals surface area contributed by atoms with Crippen molar-refractivity contribution in [3.63, 3.8) is 0 Å². The Bertz CT molecular complexity index is 909. The lowest BCUT2D eigenvalue weighted by atomic mass is 10.1. The van der Waals surface area contributed by atoms with Crippen LogP contribution in [0, 0.1) is 11.3 Å². The first kappa shape index (κ1) is 19.3. The van der Waals surface area contributed by atoms with Gasteiger partial charge in [-0.15, -0.1) is 0 Å². The van der Waals surface area contributed by atoms with Gasteiger partial charge >= 0.3 is 5.97 Å². The average molecular weight is 373 g/mol. The molecule has 1 atom stereocenters. The molecule has 0 radical (unpaired) electrons. The number of benzene rings is 1. The normalized spacial score (nSPS) is 12.3. The van der Waals surface area contributed by atoms with Crippen LogP contribution in [0.5, 0.6) is 0 Å². The fraction of sp³-hybridized carbons (Fsp3) is 0.211. The van der Waals surface area contributed by atoms with Crippen molar-refractivity contribution in [2.24, 2.45) is 0 Å². The Morgan fingerprint density at radius 2 is 2.12 bits per heavy atom. The van der Waals surface area contributed by atoms with Crippen LogP contribution >= 0.6 is 11.6 Å². The molecule has 1 aromatic heterocycles. The first-order chi connectivity index (χ1) is 12.3. The summed E-state index contributed by atoms with van der Waals surface area (Å²) in [4.78, 5) is 23.1. The molecule has 0 saturated heterocycles. The lowest BCUT2D eigenvalue weighted by molar-refractivity contribution is -0.117. The molecule has 6 nitrogen and oxygen atoms in total. The van der Waals surface area contributed by atoms with Gasteiger partial charge in [0.2, 0.25) is 0 Å². The molecule has 0 aliphatic heterocycles. The topological polar surface area (TPSA) is 103 Å². The van der Waals surface area contributed by atoms with Crippen LogP contribution in [0.25, 0.3) is 17.4 Å². The predicted octanol–water partition coefficient (Wildman–Crippen LogP) is 4.12. The standard InChI is InChI=1S/C19H17ClN2O4/c1-3-11(2)22-18(23)13(10-21)8-14-5-7-17(26-14)12-4-6-15(19(24)25)16(20)9-12/h4-9,11H,3H2,1-2H3,(H,22,23)(H,24,25)/b13-8+/t11-/m0/s1. The smallest absolute Gasteiger partial charge is 0.337 e. The quantitative estimate of drug-likeness (QED) is 0.586. The monoisotopic (exact) mass is 372 g/mol. The average Bonchev–Trinajstić information content (AvgIpc) is 3.07. The number of hydrogen-bond acceptors (Lipinski definition) is 4. The largest absolute Gasteiger partial charge is 0.478 e. The minimum absolute atomic E-state index is 0.00410. The molecular weight excluding hydrogens is 356 g/mol. The van der Waals surface area contributed by atoms with Crippen LogP contribution in [0.1, 0.15) is 36.4 Å². The fourth-order valence-electron chi connectivity index (χ4n) is 2.12. The number of amides is 1. The zero-order valence-corrected chi connectivity index (χ0v) is 15.0. The van der Waals surface area contributed by atoms with Crippen LogP contribution in [-0.4, -0.2) is 23.0 Å². The van der Waals surface area contributed by atoms with Gasteiger partial charge in [-0.1, -0.05) is 24.6 Å². The summed E-state index contributed by atoms with van der Waals surface area (Å²) < 4.78 is 5.63. The van der Waals surface area contributed by atoms with E-state index >= 15 is 0 Å². The van der Waals surface area contributed by atoms with Crippen molar-refractivity contribution >= 4 is 29.6 Å². The second-order valence-electron chi connectivity index (χ2n) is 5.65. The predicted molar refractivity (Wildman–Crippen MR) is 97.6 cm³/mol. The molecule has 2 rings (SSSR count). The molecule has 0 spiro atoms. The van der Waals surface area contributed by atoms with Crippen molar-refractivity contribution < 1.29 is 19.1 Å². The third-order valence-corrected chi connectivity index (χ3v) is 4.07.